The number of hydrogen-bond acceptors (Lipinski definition) is 2. The van der Waals surface area contributed by atoms with Crippen molar-refractivity contribution in [2.24, 2.45) is 5.92 Å². The summed E-state index contributed by atoms with van der Waals surface area (Å²) in [7, 11) is -2.85. The highest BCUT2D eigenvalue weighted by molar-refractivity contribution is 7.90. The van der Waals surface area contributed by atoms with Gasteiger partial charge in [-0.25, -0.2) is 8.42 Å². The first-order valence-corrected chi connectivity index (χ1v) is 8.79. The summed E-state index contributed by atoms with van der Waals surface area (Å²) in [6.07, 6.45) is 3.77. The number of hydrogen-bond donors (Lipinski definition) is 0. The average Bonchev–Trinajstić information content (AvgIpc) is 2.29. The standard InChI is InChI=1S/C14H21ClO2S/c1-12-5-7-13(8-6-12)10-14(11-15)4-3-9-18(2,16)17/h5-8,14H,3-4,9-11H2,1-2H3. The molecule has 0 radical (unpaired) electrons. The minimum absolute atomic E-state index is 0.258. The lowest BCUT2D eigenvalue weighted by Crippen LogP contribution is -2.10. The van der Waals surface area contributed by atoms with Crippen molar-refractivity contribution in [1.82, 2.24) is 0 Å². The molecule has 0 aromatic heterocycles. The Morgan fingerprint density at radius 3 is 2.33 bits per heavy atom. The fourth-order valence-corrected chi connectivity index (χ4v) is 2.88. The Balaban J connectivity index is 2.44. The van der Waals surface area contributed by atoms with Gasteiger partial charge in [0.2, 0.25) is 0 Å². The molecule has 0 aliphatic carbocycles. The molecule has 1 aromatic carbocycles. The molecule has 0 aliphatic heterocycles. The molecule has 0 fully saturated rings. The molecule has 0 N–H and O–H groups in total. The van der Waals surface area contributed by atoms with Crippen LogP contribution in [0.25, 0.3) is 0 Å². The van der Waals surface area contributed by atoms with E-state index in [1.807, 2.05) is 0 Å². The van der Waals surface area contributed by atoms with Crippen molar-refractivity contribution >= 4 is 21.4 Å². The average molecular weight is 289 g/mol. The molecule has 0 heterocycles. The third kappa shape index (κ3) is 6.41. The van der Waals surface area contributed by atoms with Crippen LogP contribution in [-0.4, -0.2) is 26.3 Å². The van der Waals surface area contributed by atoms with E-state index in [0.717, 1.165) is 12.8 Å². The van der Waals surface area contributed by atoms with Crippen molar-refractivity contribution in [3.63, 3.8) is 0 Å². The fourth-order valence-electron chi connectivity index (χ4n) is 1.93. The van der Waals surface area contributed by atoms with Gasteiger partial charge in [0.05, 0.1) is 0 Å². The highest BCUT2D eigenvalue weighted by Gasteiger charge is 2.10. The van der Waals surface area contributed by atoms with E-state index < -0.39 is 9.84 Å². The second kappa shape index (κ2) is 7.15. The van der Waals surface area contributed by atoms with E-state index in [9.17, 15) is 8.42 Å². The molecular weight excluding hydrogens is 268 g/mol. The molecule has 1 aromatic rings. The number of aryl methyl sites for hydroxylation is 1. The molecule has 0 aliphatic rings. The molecule has 0 bridgehead atoms. The maximum Gasteiger partial charge on any atom is 0.147 e. The molecule has 4 heteroatoms. The summed E-state index contributed by atoms with van der Waals surface area (Å²) in [5.41, 5.74) is 2.52. The van der Waals surface area contributed by atoms with Gasteiger partial charge in [-0.3, -0.25) is 0 Å². The van der Waals surface area contributed by atoms with Crippen LogP contribution >= 0.6 is 11.6 Å². The number of rotatable bonds is 7. The minimum Gasteiger partial charge on any atom is -0.229 e. The van der Waals surface area contributed by atoms with Gasteiger partial charge in [-0.15, -0.1) is 11.6 Å². The van der Waals surface area contributed by atoms with Crippen molar-refractivity contribution in [1.29, 1.82) is 0 Å². The van der Waals surface area contributed by atoms with Gasteiger partial charge >= 0.3 is 0 Å². The SMILES string of the molecule is Cc1ccc(CC(CCl)CCCS(C)(=O)=O)cc1. The van der Waals surface area contributed by atoms with Gasteiger partial charge in [0, 0.05) is 17.9 Å². The van der Waals surface area contributed by atoms with Crippen LogP contribution in [0.4, 0.5) is 0 Å². The van der Waals surface area contributed by atoms with Crippen LogP contribution in [-0.2, 0) is 16.3 Å². The molecule has 2 nitrogen and oxygen atoms in total. The molecule has 1 atom stereocenters. The van der Waals surface area contributed by atoms with E-state index in [2.05, 4.69) is 31.2 Å². The lowest BCUT2D eigenvalue weighted by Gasteiger charge is -2.13. The molecule has 102 valence electrons. The number of benzene rings is 1. The van der Waals surface area contributed by atoms with Gasteiger partial charge in [0.15, 0.2) is 0 Å². The largest absolute Gasteiger partial charge is 0.229 e. The summed E-state index contributed by atoms with van der Waals surface area (Å²) in [5, 5.41) is 0. The maximum absolute atomic E-state index is 11.1. The fraction of sp³-hybridized carbons (Fsp3) is 0.571. The monoisotopic (exact) mass is 288 g/mol. The van der Waals surface area contributed by atoms with Crippen molar-refractivity contribution in [2.45, 2.75) is 26.2 Å². The van der Waals surface area contributed by atoms with Crippen molar-refractivity contribution < 1.29 is 8.42 Å². The first kappa shape index (κ1) is 15.5. The molecule has 18 heavy (non-hydrogen) atoms. The third-order valence-corrected chi connectivity index (χ3v) is 4.46. The Morgan fingerprint density at radius 1 is 1.22 bits per heavy atom. The Morgan fingerprint density at radius 2 is 1.83 bits per heavy atom. The second-order valence-corrected chi connectivity index (χ2v) is 7.55. The number of alkyl halides is 1. The first-order chi connectivity index (χ1) is 8.40. The van der Waals surface area contributed by atoms with E-state index in [1.54, 1.807) is 0 Å². The van der Waals surface area contributed by atoms with Crippen LogP contribution in [0.5, 0.6) is 0 Å². The normalized spacial score (nSPS) is 13.5. The molecule has 1 unspecified atom stereocenters. The summed E-state index contributed by atoms with van der Waals surface area (Å²) in [5.74, 6) is 1.20. The van der Waals surface area contributed by atoms with E-state index >= 15 is 0 Å². The highest BCUT2D eigenvalue weighted by atomic mass is 35.5. The number of sulfone groups is 1. The van der Waals surface area contributed by atoms with Crippen LogP contribution in [0.15, 0.2) is 24.3 Å². The van der Waals surface area contributed by atoms with Gasteiger partial charge < -0.3 is 0 Å². The Bertz CT molecular complexity index is 451. The Kier molecular flexibility index (Phi) is 6.16. The summed E-state index contributed by atoms with van der Waals surface area (Å²) in [4.78, 5) is 0. The smallest absolute Gasteiger partial charge is 0.147 e. The zero-order chi connectivity index (χ0) is 13.6. The predicted octanol–water partition coefficient (Wildman–Crippen LogP) is 3.22. The molecule has 0 amide bonds. The molecule has 0 saturated carbocycles. The van der Waals surface area contributed by atoms with Crippen molar-refractivity contribution in [3.8, 4) is 0 Å². The van der Waals surface area contributed by atoms with Gasteiger partial charge in [0.25, 0.3) is 0 Å². The molecule has 0 saturated heterocycles. The van der Waals surface area contributed by atoms with E-state index in [-0.39, 0.29) is 5.75 Å². The molecular formula is C14H21ClO2S. The Labute approximate surface area is 115 Å². The predicted molar refractivity (Wildman–Crippen MR) is 78.0 cm³/mol. The van der Waals surface area contributed by atoms with E-state index in [4.69, 9.17) is 11.6 Å². The van der Waals surface area contributed by atoms with Crippen molar-refractivity contribution in [2.75, 3.05) is 17.9 Å². The van der Waals surface area contributed by atoms with E-state index in [1.165, 1.54) is 17.4 Å². The summed E-state index contributed by atoms with van der Waals surface area (Å²) < 4.78 is 22.1. The first-order valence-electron chi connectivity index (χ1n) is 6.20. The molecule has 1 rings (SSSR count). The van der Waals surface area contributed by atoms with E-state index in [0.29, 0.717) is 18.2 Å². The van der Waals surface area contributed by atoms with Crippen LogP contribution < -0.4 is 0 Å². The van der Waals surface area contributed by atoms with Crippen molar-refractivity contribution in [3.05, 3.63) is 35.4 Å². The van der Waals surface area contributed by atoms with Crippen LogP contribution in [0, 0.1) is 12.8 Å². The van der Waals surface area contributed by atoms with Gasteiger partial charge in [-0.2, -0.15) is 0 Å². The van der Waals surface area contributed by atoms with Crippen LogP contribution in [0.3, 0.4) is 0 Å². The van der Waals surface area contributed by atoms with Crippen LogP contribution in [0.1, 0.15) is 24.0 Å². The topological polar surface area (TPSA) is 34.1 Å². The summed E-state index contributed by atoms with van der Waals surface area (Å²) in [6.45, 7) is 2.06. The second-order valence-electron chi connectivity index (χ2n) is 4.98. The zero-order valence-electron chi connectivity index (χ0n) is 11.0. The number of halogens is 1. The lowest BCUT2D eigenvalue weighted by molar-refractivity contribution is 0.524. The maximum atomic E-state index is 11.1. The minimum atomic E-state index is -2.85. The zero-order valence-corrected chi connectivity index (χ0v) is 12.6. The highest BCUT2D eigenvalue weighted by Crippen LogP contribution is 2.17. The quantitative estimate of drug-likeness (QED) is 0.722. The van der Waals surface area contributed by atoms with Gasteiger partial charge in [-0.05, 0) is 37.7 Å². The molecule has 0 spiro atoms. The summed E-state index contributed by atoms with van der Waals surface area (Å²) >= 11 is 5.95. The van der Waals surface area contributed by atoms with Gasteiger partial charge in [-0.1, -0.05) is 29.8 Å². The third-order valence-electron chi connectivity index (χ3n) is 2.99. The lowest BCUT2D eigenvalue weighted by atomic mass is 9.96. The van der Waals surface area contributed by atoms with Gasteiger partial charge in [0.1, 0.15) is 9.84 Å². The van der Waals surface area contributed by atoms with Crippen LogP contribution in [0.2, 0.25) is 0 Å². The Hall–Kier alpha value is -0.540. The summed E-state index contributed by atoms with van der Waals surface area (Å²) in [6, 6.07) is 8.42.